The van der Waals surface area contributed by atoms with E-state index in [1.165, 1.54) is 32.1 Å². The lowest BCUT2D eigenvalue weighted by Gasteiger charge is -2.39. The minimum Gasteiger partial charge on any atom is -0.383 e. The highest BCUT2D eigenvalue weighted by Gasteiger charge is 2.25. The Hall–Kier alpha value is -0.120. The molecule has 1 saturated carbocycles. The molecular formula is C13H28N2O. The second-order valence-electron chi connectivity index (χ2n) is 4.79. The topological polar surface area (TPSA) is 24.5 Å². The van der Waals surface area contributed by atoms with Gasteiger partial charge in [0.2, 0.25) is 0 Å². The van der Waals surface area contributed by atoms with Gasteiger partial charge in [0.1, 0.15) is 0 Å². The van der Waals surface area contributed by atoms with Crippen LogP contribution in [0.3, 0.4) is 0 Å². The van der Waals surface area contributed by atoms with Gasteiger partial charge in [-0.25, -0.2) is 0 Å². The van der Waals surface area contributed by atoms with Crippen molar-refractivity contribution in [1.82, 2.24) is 10.2 Å². The Morgan fingerprint density at radius 3 is 2.50 bits per heavy atom. The number of likely N-dealkylation sites (N-methyl/N-ethyl adjacent to an activating group) is 2. The molecule has 0 aromatic heterocycles. The van der Waals surface area contributed by atoms with E-state index >= 15 is 0 Å². The molecule has 1 unspecified atom stereocenters. The number of hydrogen-bond acceptors (Lipinski definition) is 3. The van der Waals surface area contributed by atoms with Crippen molar-refractivity contribution in [3.63, 3.8) is 0 Å². The third-order valence-electron chi connectivity index (χ3n) is 3.68. The summed E-state index contributed by atoms with van der Waals surface area (Å²) < 4.78 is 5.35. The maximum Gasteiger partial charge on any atom is 0.0630 e. The van der Waals surface area contributed by atoms with Crippen molar-refractivity contribution in [2.24, 2.45) is 0 Å². The standard InChI is InChI=1S/C13H28N2O/c1-4-15(12-8-6-5-7-9-12)13(10-14-2)11-16-3/h12-14H,4-11H2,1-3H3. The molecule has 0 heterocycles. The first-order valence-corrected chi connectivity index (χ1v) is 6.72. The van der Waals surface area contributed by atoms with E-state index in [1.54, 1.807) is 7.11 Å². The molecule has 0 saturated heterocycles. The molecule has 3 heteroatoms. The molecular weight excluding hydrogens is 200 g/mol. The van der Waals surface area contributed by atoms with Gasteiger partial charge in [-0.05, 0) is 26.4 Å². The zero-order valence-corrected chi connectivity index (χ0v) is 11.2. The van der Waals surface area contributed by atoms with E-state index in [2.05, 4.69) is 17.1 Å². The fourth-order valence-electron chi connectivity index (χ4n) is 2.93. The number of nitrogens with zero attached hydrogens (tertiary/aromatic N) is 1. The number of nitrogens with one attached hydrogen (secondary N) is 1. The lowest BCUT2D eigenvalue weighted by molar-refractivity contribution is 0.0513. The van der Waals surface area contributed by atoms with Gasteiger partial charge < -0.3 is 10.1 Å². The molecule has 96 valence electrons. The van der Waals surface area contributed by atoms with Crippen LogP contribution in [0.25, 0.3) is 0 Å². The van der Waals surface area contributed by atoms with Crippen LogP contribution >= 0.6 is 0 Å². The van der Waals surface area contributed by atoms with Crippen LogP contribution in [0.5, 0.6) is 0 Å². The van der Waals surface area contributed by atoms with Gasteiger partial charge in [0, 0.05) is 25.7 Å². The second-order valence-corrected chi connectivity index (χ2v) is 4.79. The van der Waals surface area contributed by atoms with E-state index in [0.717, 1.165) is 25.7 Å². The Kier molecular flexibility index (Phi) is 7.01. The predicted octanol–water partition coefficient (Wildman–Crippen LogP) is 1.88. The smallest absolute Gasteiger partial charge is 0.0630 e. The molecule has 0 amide bonds. The van der Waals surface area contributed by atoms with Crippen molar-refractivity contribution in [3.05, 3.63) is 0 Å². The molecule has 1 rings (SSSR count). The van der Waals surface area contributed by atoms with Crippen LogP contribution in [0.15, 0.2) is 0 Å². The van der Waals surface area contributed by atoms with E-state index in [4.69, 9.17) is 4.74 Å². The second kappa shape index (κ2) is 8.04. The van der Waals surface area contributed by atoms with Gasteiger partial charge in [-0.3, -0.25) is 4.90 Å². The molecule has 0 aliphatic heterocycles. The fourth-order valence-corrected chi connectivity index (χ4v) is 2.93. The molecule has 0 radical (unpaired) electrons. The average Bonchev–Trinajstić information content (AvgIpc) is 2.32. The van der Waals surface area contributed by atoms with Crippen LogP contribution in [0, 0.1) is 0 Å². The van der Waals surface area contributed by atoms with Crippen LogP contribution in [-0.4, -0.2) is 50.8 Å². The molecule has 1 N–H and O–H groups in total. The van der Waals surface area contributed by atoms with Crippen molar-refractivity contribution >= 4 is 0 Å². The van der Waals surface area contributed by atoms with Crippen molar-refractivity contribution in [2.45, 2.75) is 51.1 Å². The van der Waals surface area contributed by atoms with Crippen molar-refractivity contribution in [1.29, 1.82) is 0 Å². The Bertz CT molecular complexity index is 163. The third-order valence-corrected chi connectivity index (χ3v) is 3.68. The highest BCUT2D eigenvalue weighted by atomic mass is 16.5. The SMILES string of the molecule is CCN(C1CCCCC1)C(CNC)COC. The third kappa shape index (κ3) is 4.04. The van der Waals surface area contributed by atoms with E-state index in [0.29, 0.717) is 6.04 Å². The van der Waals surface area contributed by atoms with Gasteiger partial charge in [-0.15, -0.1) is 0 Å². The zero-order chi connectivity index (χ0) is 11.8. The van der Waals surface area contributed by atoms with Gasteiger partial charge in [0.25, 0.3) is 0 Å². The van der Waals surface area contributed by atoms with Gasteiger partial charge in [-0.2, -0.15) is 0 Å². The minimum atomic E-state index is 0.531. The monoisotopic (exact) mass is 228 g/mol. The van der Waals surface area contributed by atoms with Crippen molar-refractivity contribution < 1.29 is 4.74 Å². The first-order chi connectivity index (χ1) is 7.83. The highest BCUT2D eigenvalue weighted by molar-refractivity contribution is 4.82. The molecule has 3 nitrogen and oxygen atoms in total. The molecule has 1 fully saturated rings. The van der Waals surface area contributed by atoms with E-state index in [1.807, 2.05) is 7.05 Å². The van der Waals surface area contributed by atoms with Gasteiger partial charge in [0.15, 0.2) is 0 Å². The Balaban J connectivity index is 2.52. The molecule has 1 aliphatic carbocycles. The van der Waals surface area contributed by atoms with Crippen molar-refractivity contribution in [2.75, 3.05) is 33.9 Å². The lowest BCUT2D eigenvalue weighted by atomic mass is 9.93. The van der Waals surface area contributed by atoms with Crippen LogP contribution < -0.4 is 5.32 Å². The summed E-state index contributed by atoms with van der Waals surface area (Å²) in [7, 11) is 3.83. The molecule has 1 atom stereocenters. The summed E-state index contributed by atoms with van der Waals surface area (Å²) in [4.78, 5) is 2.64. The van der Waals surface area contributed by atoms with Crippen molar-refractivity contribution in [3.8, 4) is 0 Å². The number of rotatable bonds is 7. The Morgan fingerprint density at radius 2 is 2.00 bits per heavy atom. The van der Waals surface area contributed by atoms with E-state index in [-0.39, 0.29) is 0 Å². The average molecular weight is 228 g/mol. The Labute approximate surface area is 101 Å². The summed E-state index contributed by atoms with van der Waals surface area (Å²) in [6.45, 7) is 5.27. The maximum absolute atomic E-state index is 5.35. The molecule has 16 heavy (non-hydrogen) atoms. The number of ether oxygens (including phenoxy) is 1. The summed E-state index contributed by atoms with van der Waals surface area (Å²) in [5.41, 5.74) is 0. The highest BCUT2D eigenvalue weighted by Crippen LogP contribution is 2.23. The van der Waals surface area contributed by atoms with Gasteiger partial charge in [0.05, 0.1) is 6.61 Å². The largest absolute Gasteiger partial charge is 0.383 e. The summed E-state index contributed by atoms with van der Waals surface area (Å²) >= 11 is 0. The summed E-state index contributed by atoms with van der Waals surface area (Å²) in [6, 6.07) is 1.32. The molecule has 0 aromatic carbocycles. The van der Waals surface area contributed by atoms with Crippen LogP contribution in [-0.2, 0) is 4.74 Å². The van der Waals surface area contributed by atoms with E-state index in [9.17, 15) is 0 Å². The normalized spacial score (nSPS) is 20.2. The number of hydrogen-bond donors (Lipinski definition) is 1. The summed E-state index contributed by atoms with van der Waals surface area (Å²) in [5, 5.41) is 3.28. The van der Waals surface area contributed by atoms with Crippen LogP contribution in [0.4, 0.5) is 0 Å². The molecule has 0 aromatic rings. The summed E-state index contributed by atoms with van der Waals surface area (Å²) in [5.74, 6) is 0. The summed E-state index contributed by atoms with van der Waals surface area (Å²) in [6.07, 6.45) is 6.98. The molecule has 1 aliphatic rings. The predicted molar refractivity (Wildman–Crippen MR) is 68.8 cm³/mol. The van der Waals surface area contributed by atoms with Crippen LogP contribution in [0.2, 0.25) is 0 Å². The quantitative estimate of drug-likeness (QED) is 0.720. The minimum absolute atomic E-state index is 0.531. The molecule has 0 spiro atoms. The Morgan fingerprint density at radius 1 is 1.31 bits per heavy atom. The lowest BCUT2D eigenvalue weighted by Crippen LogP contribution is -2.50. The maximum atomic E-state index is 5.35. The first kappa shape index (κ1) is 13.9. The fraction of sp³-hybridized carbons (Fsp3) is 1.00. The first-order valence-electron chi connectivity index (χ1n) is 6.72. The zero-order valence-electron chi connectivity index (χ0n) is 11.2. The molecule has 0 bridgehead atoms. The van der Waals surface area contributed by atoms with E-state index < -0.39 is 0 Å². The van der Waals surface area contributed by atoms with Crippen LogP contribution in [0.1, 0.15) is 39.0 Å². The van der Waals surface area contributed by atoms with Gasteiger partial charge >= 0.3 is 0 Å². The van der Waals surface area contributed by atoms with Gasteiger partial charge in [-0.1, -0.05) is 26.2 Å². The number of methoxy groups -OCH3 is 1.